The first-order valence-electron chi connectivity index (χ1n) is 7.89. The fourth-order valence-corrected chi connectivity index (χ4v) is 2.23. The number of carbonyl (C=O) groups is 1. The van der Waals surface area contributed by atoms with Crippen molar-refractivity contribution in [1.82, 2.24) is 0 Å². The van der Waals surface area contributed by atoms with Crippen molar-refractivity contribution in [3.63, 3.8) is 0 Å². The largest absolute Gasteiger partial charge is 0.550 e. The van der Waals surface area contributed by atoms with E-state index in [9.17, 15) is 9.90 Å². The van der Waals surface area contributed by atoms with Crippen LogP contribution in [0.25, 0.3) is 0 Å². The Morgan fingerprint density at radius 2 is 1.22 bits per heavy atom. The fraction of sp³-hybridized carbons (Fsp3) is 0.938. The van der Waals surface area contributed by atoms with Gasteiger partial charge in [0.25, 0.3) is 0 Å². The SMILES string of the molecule is CCCCCCCCCCCCCC(C)C(=O)[O-]. The molecule has 0 aromatic heterocycles. The van der Waals surface area contributed by atoms with E-state index >= 15 is 0 Å². The van der Waals surface area contributed by atoms with E-state index in [0.717, 1.165) is 12.8 Å². The molecular formula is C16H31O2-. The average Bonchev–Trinajstić information content (AvgIpc) is 2.35. The molecule has 0 bridgehead atoms. The quantitative estimate of drug-likeness (QED) is 0.465. The van der Waals surface area contributed by atoms with Crippen LogP contribution >= 0.6 is 0 Å². The molecule has 0 aromatic carbocycles. The van der Waals surface area contributed by atoms with Gasteiger partial charge in [-0.05, 0) is 12.3 Å². The summed E-state index contributed by atoms with van der Waals surface area (Å²) in [6, 6.07) is 0. The third-order valence-electron chi connectivity index (χ3n) is 3.64. The van der Waals surface area contributed by atoms with E-state index in [-0.39, 0.29) is 5.92 Å². The summed E-state index contributed by atoms with van der Waals surface area (Å²) >= 11 is 0. The minimum absolute atomic E-state index is 0.274. The number of carboxylic acid groups (broad SMARTS) is 1. The molecule has 0 N–H and O–H groups in total. The van der Waals surface area contributed by atoms with Crippen LogP contribution in [0.1, 0.15) is 90.9 Å². The third-order valence-corrected chi connectivity index (χ3v) is 3.64. The van der Waals surface area contributed by atoms with Gasteiger partial charge in [-0.3, -0.25) is 0 Å². The van der Waals surface area contributed by atoms with Gasteiger partial charge in [-0.1, -0.05) is 84.5 Å². The third kappa shape index (κ3) is 11.9. The normalized spacial score (nSPS) is 12.6. The van der Waals surface area contributed by atoms with Gasteiger partial charge in [0.15, 0.2) is 0 Å². The van der Waals surface area contributed by atoms with E-state index in [2.05, 4.69) is 6.92 Å². The predicted octanol–water partition coefficient (Wildman–Crippen LogP) is 4.07. The number of aliphatic carboxylic acids is 1. The summed E-state index contributed by atoms with van der Waals surface area (Å²) in [6.07, 6.45) is 15.2. The molecule has 1 unspecified atom stereocenters. The molecule has 1 atom stereocenters. The van der Waals surface area contributed by atoms with Crippen LogP contribution in [-0.2, 0) is 4.79 Å². The average molecular weight is 255 g/mol. The number of unbranched alkanes of at least 4 members (excludes halogenated alkanes) is 10. The number of carbonyl (C=O) groups excluding carboxylic acids is 1. The zero-order valence-electron chi connectivity index (χ0n) is 12.4. The Morgan fingerprint density at radius 3 is 1.61 bits per heavy atom. The highest BCUT2D eigenvalue weighted by Crippen LogP contribution is 2.13. The molecule has 0 saturated heterocycles. The van der Waals surface area contributed by atoms with Crippen LogP contribution in [0.15, 0.2) is 0 Å². The zero-order valence-corrected chi connectivity index (χ0v) is 12.4. The number of hydrogen-bond acceptors (Lipinski definition) is 2. The van der Waals surface area contributed by atoms with Crippen LogP contribution < -0.4 is 5.11 Å². The Labute approximate surface area is 113 Å². The lowest BCUT2D eigenvalue weighted by Crippen LogP contribution is -2.29. The van der Waals surface area contributed by atoms with E-state index in [4.69, 9.17) is 0 Å². The summed E-state index contributed by atoms with van der Waals surface area (Å²) in [7, 11) is 0. The first-order valence-corrected chi connectivity index (χ1v) is 7.89. The zero-order chi connectivity index (χ0) is 13.6. The highest BCUT2D eigenvalue weighted by atomic mass is 16.4. The maximum Gasteiger partial charge on any atom is 0.0442 e. The summed E-state index contributed by atoms with van der Waals surface area (Å²) in [5.74, 6) is -1.18. The van der Waals surface area contributed by atoms with E-state index in [1.54, 1.807) is 6.92 Å². The molecule has 0 aliphatic rings. The van der Waals surface area contributed by atoms with Gasteiger partial charge >= 0.3 is 0 Å². The van der Waals surface area contributed by atoms with E-state index in [1.807, 2.05) is 0 Å². The molecule has 0 aromatic rings. The van der Waals surface area contributed by atoms with Gasteiger partial charge in [0, 0.05) is 5.97 Å². The Bertz CT molecular complexity index is 190. The molecule has 0 aliphatic carbocycles. The number of hydrogen-bond donors (Lipinski definition) is 0. The smallest absolute Gasteiger partial charge is 0.0442 e. The van der Waals surface area contributed by atoms with Gasteiger partial charge in [-0.2, -0.15) is 0 Å². The molecule has 2 heteroatoms. The van der Waals surface area contributed by atoms with Crippen molar-refractivity contribution < 1.29 is 9.90 Å². The molecule has 0 spiro atoms. The summed E-state index contributed by atoms with van der Waals surface area (Å²) in [5, 5.41) is 10.5. The van der Waals surface area contributed by atoms with Gasteiger partial charge in [0.1, 0.15) is 0 Å². The molecule has 18 heavy (non-hydrogen) atoms. The Morgan fingerprint density at radius 1 is 0.833 bits per heavy atom. The van der Waals surface area contributed by atoms with Crippen LogP contribution in [0.5, 0.6) is 0 Å². The summed E-state index contributed by atoms with van der Waals surface area (Å²) < 4.78 is 0. The first kappa shape index (κ1) is 17.5. The summed E-state index contributed by atoms with van der Waals surface area (Å²) in [4.78, 5) is 10.5. The van der Waals surface area contributed by atoms with Crippen LogP contribution in [0, 0.1) is 5.92 Å². The maximum absolute atomic E-state index is 10.5. The molecule has 2 nitrogen and oxygen atoms in total. The topological polar surface area (TPSA) is 40.1 Å². The molecule has 108 valence electrons. The first-order chi connectivity index (χ1) is 8.68. The second-order valence-electron chi connectivity index (χ2n) is 5.54. The molecule has 0 amide bonds. The highest BCUT2D eigenvalue weighted by molar-refractivity contribution is 5.66. The van der Waals surface area contributed by atoms with Crippen molar-refractivity contribution >= 4 is 5.97 Å². The standard InChI is InChI=1S/C16H32O2/c1-3-4-5-6-7-8-9-10-11-12-13-14-15(2)16(17)18/h15H,3-14H2,1-2H3,(H,17,18)/p-1. The number of rotatable bonds is 13. The summed E-state index contributed by atoms with van der Waals surface area (Å²) in [5.41, 5.74) is 0. The van der Waals surface area contributed by atoms with Crippen LogP contribution in [0.3, 0.4) is 0 Å². The minimum Gasteiger partial charge on any atom is -0.550 e. The number of carboxylic acids is 1. The molecular weight excluding hydrogens is 224 g/mol. The molecule has 0 fully saturated rings. The molecule has 0 aliphatic heterocycles. The lowest BCUT2D eigenvalue weighted by molar-refractivity contribution is -0.311. The minimum atomic E-state index is -0.901. The monoisotopic (exact) mass is 255 g/mol. The van der Waals surface area contributed by atoms with Gasteiger partial charge < -0.3 is 9.90 Å². The Balaban J connectivity index is 3.05. The molecule has 0 radical (unpaired) electrons. The van der Waals surface area contributed by atoms with Crippen molar-refractivity contribution in [2.24, 2.45) is 5.92 Å². The summed E-state index contributed by atoms with van der Waals surface area (Å²) in [6.45, 7) is 3.99. The Kier molecular flexibility index (Phi) is 12.5. The van der Waals surface area contributed by atoms with Crippen molar-refractivity contribution in [2.45, 2.75) is 90.9 Å². The van der Waals surface area contributed by atoms with Gasteiger partial charge in [-0.15, -0.1) is 0 Å². The lowest BCUT2D eigenvalue weighted by Gasteiger charge is -2.11. The van der Waals surface area contributed by atoms with Gasteiger partial charge in [-0.25, -0.2) is 0 Å². The predicted molar refractivity (Wildman–Crippen MR) is 75.2 cm³/mol. The lowest BCUT2D eigenvalue weighted by atomic mass is 10.0. The van der Waals surface area contributed by atoms with E-state index < -0.39 is 5.97 Å². The molecule has 0 rings (SSSR count). The van der Waals surface area contributed by atoms with Crippen LogP contribution in [0.2, 0.25) is 0 Å². The molecule has 0 saturated carbocycles. The van der Waals surface area contributed by atoms with Gasteiger partial charge in [0.05, 0.1) is 0 Å². The van der Waals surface area contributed by atoms with Gasteiger partial charge in [0.2, 0.25) is 0 Å². The second-order valence-corrected chi connectivity index (χ2v) is 5.54. The Hall–Kier alpha value is -0.530. The van der Waals surface area contributed by atoms with Crippen molar-refractivity contribution in [2.75, 3.05) is 0 Å². The van der Waals surface area contributed by atoms with E-state index in [0.29, 0.717) is 0 Å². The van der Waals surface area contributed by atoms with Crippen molar-refractivity contribution in [3.8, 4) is 0 Å². The highest BCUT2D eigenvalue weighted by Gasteiger charge is 2.01. The van der Waals surface area contributed by atoms with Crippen molar-refractivity contribution in [1.29, 1.82) is 0 Å². The van der Waals surface area contributed by atoms with E-state index in [1.165, 1.54) is 64.2 Å². The van der Waals surface area contributed by atoms with Crippen LogP contribution in [0.4, 0.5) is 0 Å². The molecule has 0 heterocycles. The van der Waals surface area contributed by atoms with Crippen LogP contribution in [-0.4, -0.2) is 5.97 Å². The fourth-order valence-electron chi connectivity index (χ4n) is 2.23. The second kappa shape index (κ2) is 12.9. The van der Waals surface area contributed by atoms with Crippen molar-refractivity contribution in [3.05, 3.63) is 0 Å². The maximum atomic E-state index is 10.5.